The number of halogens is 2. The van der Waals surface area contributed by atoms with Crippen LogP contribution >= 0.6 is 23.7 Å². The Kier molecular flexibility index (Phi) is 4.80. The Labute approximate surface area is 139 Å². The van der Waals surface area contributed by atoms with Crippen molar-refractivity contribution in [1.29, 1.82) is 0 Å². The number of thiophene rings is 1. The molecule has 2 aromatic rings. The second-order valence-corrected chi connectivity index (χ2v) is 7.49. The average molecular weight is 343 g/mol. The molecule has 3 nitrogen and oxygen atoms in total. The van der Waals surface area contributed by atoms with Gasteiger partial charge in [0, 0.05) is 23.8 Å². The van der Waals surface area contributed by atoms with E-state index in [9.17, 15) is 9.18 Å². The Bertz CT molecular complexity index is 701. The molecule has 0 saturated carbocycles. The summed E-state index contributed by atoms with van der Waals surface area (Å²) in [5.41, 5.74) is 6.04. The molecule has 6 heteroatoms. The van der Waals surface area contributed by atoms with Crippen molar-refractivity contribution in [3.8, 4) is 0 Å². The summed E-state index contributed by atoms with van der Waals surface area (Å²) in [5, 5.41) is 0.788. The Morgan fingerprint density at radius 1 is 1.41 bits per heavy atom. The molecule has 0 bridgehead atoms. The van der Waals surface area contributed by atoms with Crippen LogP contribution in [0.1, 0.15) is 29.9 Å². The Morgan fingerprint density at radius 3 is 2.82 bits per heavy atom. The number of nitrogens with two attached hydrogens (primary N) is 1. The summed E-state index contributed by atoms with van der Waals surface area (Å²) in [6, 6.07) is 6.53. The SMILES string of the molecule is CC1(C)CN(C(=O)c2cc3cc(F)ccc3s2)CCC1N.Cl. The summed E-state index contributed by atoms with van der Waals surface area (Å²) in [5.74, 6) is -0.249. The van der Waals surface area contributed by atoms with Crippen LogP contribution in [0.25, 0.3) is 10.1 Å². The third-order valence-electron chi connectivity index (χ3n) is 4.29. The predicted molar refractivity (Wildman–Crippen MR) is 91.3 cm³/mol. The Balaban J connectivity index is 0.00000176. The summed E-state index contributed by atoms with van der Waals surface area (Å²) in [6.45, 7) is 5.54. The first kappa shape index (κ1) is 17.2. The van der Waals surface area contributed by atoms with Crippen molar-refractivity contribution in [2.24, 2.45) is 11.1 Å². The second kappa shape index (κ2) is 6.14. The molecule has 22 heavy (non-hydrogen) atoms. The number of nitrogens with zero attached hydrogens (tertiary/aromatic N) is 1. The van der Waals surface area contributed by atoms with Crippen LogP contribution in [-0.4, -0.2) is 29.9 Å². The number of amides is 1. The molecule has 2 N–H and O–H groups in total. The van der Waals surface area contributed by atoms with Crippen LogP contribution < -0.4 is 5.73 Å². The summed E-state index contributed by atoms with van der Waals surface area (Å²) in [6.07, 6.45) is 0.818. The first-order valence-electron chi connectivity index (χ1n) is 7.11. The van der Waals surface area contributed by atoms with E-state index >= 15 is 0 Å². The number of rotatable bonds is 1. The largest absolute Gasteiger partial charge is 0.337 e. The topological polar surface area (TPSA) is 46.3 Å². The maximum Gasteiger partial charge on any atom is 0.263 e. The van der Waals surface area contributed by atoms with Crippen LogP contribution in [0.2, 0.25) is 0 Å². The maximum atomic E-state index is 13.2. The van der Waals surface area contributed by atoms with E-state index in [-0.39, 0.29) is 35.6 Å². The highest BCUT2D eigenvalue weighted by atomic mass is 35.5. The number of hydrogen-bond acceptors (Lipinski definition) is 3. The second-order valence-electron chi connectivity index (χ2n) is 6.40. The number of fused-ring (bicyclic) bond motifs is 1. The quantitative estimate of drug-likeness (QED) is 0.859. The minimum atomic E-state index is -0.274. The van der Waals surface area contributed by atoms with E-state index in [0.29, 0.717) is 18.0 Å². The molecule has 2 heterocycles. The average Bonchev–Trinajstić information content (AvgIpc) is 2.83. The van der Waals surface area contributed by atoms with Crippen molar-refractivity contribution in [3.63, 3.8) is 0 Å². The van der Waals surface area contributed by atoms with Gasteiger partial charge in [-0.15, -0.1) is 23.7 Å². The Morgan fingerprint density at radius 2 is 2.14 bits per heavy atom. The van der Waals surface area contributed by atoms with Gasteiger partial charge in [0.1, 0.15) is 5.82 Å². The fourth-order valence-corrected chi connectivity index (χ4v) is 3.83. The van der Waals surface area contributed by atoms with Crippen LogP contribution in [0, 0.1) is 11.2 Å². The van der Waals surface area contributed by atoms with Crippen LogP contribution in [0.3, 0.4) is 0 Å². The molecule has 0 spiro atoms. The lowest BCUT2D eigenvalue weighted by atomic mass is 9.79. The van der Waals surface area contributed by atoms with Gasteiger partial charge in [0.25, 0.3) is 5.91 Å². The van der Waals surface area contributed by atoms with Gasteiger partial charge in [-0.1, -0.05) is 13.8 Å². The van der Waals surface area contributed by atoms with E-state index in [1.165, 1.54) is 23.5 Å². The molecule has 1 atom stereocenters. The summed E-state index contributed by atoms with van der Waals surface area (Å²) in [7, 11) is 0. The predicted octanol–water partition coefficient (Wildman–Crippen LogP) is 3.66. The minimum absolute atomic E-state index is 0. The molecule has 1 aromatic heterocycles. The van der Waals surface area contributed by atoms with Crippen molar-refractivity contribution in [3.05, 3.63) is 35.0 Å². The molecule has 0 aliphatic carbocycles. The van der Waals surface area contributed by atoms with E-state index in [0.717, 1.165) is 16.5 Å². The van der Waals surface area contributed by atoms with E-state index in [2.05, 4.69) is 13.8 Å². The standard InChI is InChI=1S/C16H19FN2OS.ClH/c1-16(2)9-19(6-5-14(16)18)15(20)13-8-10-7-11(17)3-4-12(10)21-13;/h3-4,7-8,14H,5-6,9,18H2,1-2H3;1H. The van der Waals surface area contributed by atoms with Gasteiger partial charge in [0.15, 0.2) is 0 Å². The number of piperidine rings is 1. The van der Waals surface area contributed by atoms with E-state index < -0.39 is 0 Å². The fourth-order valence-electron chi connectivity index (χ4n) is 2.82. The molecule has 0 radical (unpaired) electrons. The third-order valence-corrected chi connectivity index (χ3v) is 5.39. The van der Waals surface area contributed by atoms with Crippen LogP contribution in [-0.2, 0) is 0 Å². The van der Waals surface area contributed by atoms with Gasteiger partial charge in [0.05, 0.1) is 4.88 Å². The molecule has 1 aromatic carbocycles. The van der Waals surface area contributed by atoms with Gasteiger partial charge in [-0.25, -0.2) is 4.39 Å². The monoisotopic (exact) mass is 342 g/mol. The van der Waals surface area contributed by atoms with Gasteiger partial charge < -0.3 is 10.6 Å². The molecular weight excluding hydrogens is 323 g/mol. The molecule has 1 fully saturated rings. The Hall–Kier alpha value is -1.17. The van der Waals surface area contributed by atoms with Crippen LogP contribution in [0.15, 0.2) is 24.3 Å². The van der Waals surface area contributed by atoms with Crippen LogP contribution in [0.5, 0.6) is 0 Å². The molecule has 1 saturated heterocycles. The first-order valence-corrected chi connectivity index (χ1v) is 7.92. The van der Waals surface area contributed by atoms with Gasteiger partial charge >= 0.3 is 0 Å². The zero-order chi connectivity index (χ0) is 15.2. The summed E-state index contributed by atoms with van der Waals surface area (Å²) < 4.78 is 14.2. The van der Waals surface area contributed by atoms with E-state index in [4.69, 9.17) is 5.73 Å². The highest BCUT2D eigenvalue weighted by Gasteiger charge is 2.35. The fraction of sp³-hybridized carbons (Fsp3) is 0.438. The van der Waals surface area contributed by atoms with E-state index in [1.807, 2.05) is 4.90 Å². The van der Waals surface area contributed by atoms with Crippen molar-refractivity contribution >= 4 is 39.7 Å². The molecular formula is C16H20ClFN2OS. The molecule has 3 rings (SSSR count). The van der Waals surface area contributed by atoms with Crippen molar-refractivity contribution in [2.45, 2.75) is 26.3 Å². The molecule has 1 amide bonds. The lowest BCUT2D eigenvalue weighted by molar-refractivity contribution is 0.0537. The van der Waals surface area contributed by atoms with Gasteiger partial charge in [-0.05, 0) is 41.5 Å². The number of benzene rings is 1. The van der Waals surface area contributed by atoms with E-state index in [1.54, 1.807) is 12.1 Å². The number of hydrogen-bond donors (Lipinski definition) is 1. The number of carbonyl (C=O) groups is 1. The normalized spacial score (nSPS) is 20.7. The van der Waals surface area contributed by atoms with Crippen molar-refractivity contribution in [2.75, 3.05) is 13.1 Å². The number of carbonyl (C=O) groups excluding carboxylic acids is 1. The van der Waals surface area contributed by atoms with Gasteiger partial charge in [0.2, 0.25) is 0 Å². The zero-order valence-electron chi connectivity index (χ0n) is 12.6. The molecule has 120 valence electrons. The first-order chi connectivity index (χ1) is 9.87. The zero-order valence-corrected chi connectivity index (χ0v) is 14.3. The van der Waals surface area contributed by atoms with Crippen LogP contribution in [0.4, 0.5) is 4.39 Å². The van der Waals surface area contributed by atoms with Gasteiger partial charge in [-0.3, -0.25) is 4.79 Å². The third kappa shape index (κ3) is 3.12. The van der Waals surface area contributed by atoms with Crippen molar-refractivity contribution < 1.29 is 9.18 Å². The van der Waals surface area contributed by atoms with Crippen molar-refractivity contribution in [1.82, 2.24) is 4.90 Å². The highest BCUT2D eigenvalue weighted by Crippen LogP contribution is 2.31. The lowest BCUT2D eigenvalue weighted by Gasteiger charge is -2.42. The molecule has 1 aliphatic heterocycles. The highest BCUT2D eigenvalue weighted by molar-refractivity contribution is 7.20. The summed E-state index contributed by atoms with van der Waals surface area (Å²) >= 11 is 1.42. The molecule has 1 aliphatic rings. The smallest absolute Gasteiger partial charge is 0.263 e. The summed E-state index contributed by atoms with van der Waals surface area (Å²) in [4.78, 5) is 15.2. The number of likely N-dealkylation sites (tertiary alicyclic amines) is 1. The molecule has 1 unspecified atom stereocenters. The lowest BCUT2D eigenvalue weighted by Crippen LogP contribution is -2.53. The van der Waals surface area contributed by atoms with Gasteiger partial charge in [-0.2, -0.15) is 0 Å². The minimum Gasteiger partial charge on any atom is -0.337 e. The maximum absolute atomic E-state index is 13.2.